The van der Waals surface area contributed by atoms with Crippen LogP contribution < -0.4 is 20.3 Å². The summed E-state index contributed by atoms with van der Waals surface area (Å²) >= 11 is 13.2. The number of fused-ring (bicyclic) bond motifs is 1. The first-order valence-corrected chi connectivity index (χ1v) is 14.0. The lowest BCUT2D eigenvalue weighted by Crippen LogP contribution is -2.37. The highest BCUT2D eigenvalue weighted by atomic mass is 35.5. The van der Waals surface area contributed by atoms with Crippen molar-refractivity contribution >= 4 is 63.4 Å². The van der Waals surface area contributed by atoms with Gasteiger partial charge >= 0.3 is 0 Å². The third kappa shape index (κ3) is 7.78. The lowest BCUT2D eigenvalue weighted by atomic mass is 10.1. The summed E-state index contributed by atoms with van der Waals surface area (Å²) in [5, 5.41) is 7.59. The van der Waals surface area contributed by atoms with Crippen molar-refractivity contribution < 1.29 is 14.3 Å². The Balaban J connectivity index is 1.37. The summed E-state index contributed by atoms with van der Waals surface area (Å²) in [6.07, 6.45) is 4.14. The molecule has 3 aromatic carbocycles. The zero-order valence-electron chi connectivity index (χ0n) is 23.2. The summed E-state index contributed by atoms with van der Waals surface area (Å²) in [4.78, 5) is 31.2. The highest BCUT2D eigenvalue weighted by Gasteiger charge is 2.19. The van der Waals surface area contributed by atoms with E-state index in [9.17, 15) is 9.59 Å². The molecule has 0 unspecified atom stereocenters. The lowest BCUT2D eigenvalue weighted by molar-refractivity contribution is -0.122. The first-order valence-electron chi connectivity index (χ1n) is 13.3. The van der Waals surface area contributed by atoms with Gasteiger partial charge in [-0.25, -0.2) is 4.98 Å². The van der Waals surface area contributed by atoms with Crippen molar-refractivity contribution in [3.8, 4) is 5.75 Å². The Morgan fingerprint density at radius 3 is 2.56 bits per heavy atom. The molecule has 4 aromatic rings. The zero-order valence-corrected chi connectivity index (χ0v) is 24.7. The van der Waals surface area contributed by atoms with Crippen LogP contribution in [0.5, 0.6) is 5.75 Å². The maximum absolute atomic E-state index is 12.9. The van der Waals surface area contributed by atoms with Crippen LogP contribution in [0.3, 0.4) is 0 Å². The minimum atomic E-state index is -0.379. The predicted octanol–water partition coefficient (Wildman–Crippen LogP) is 7.04. The molecule has 0 aliphatic rings. The molecule has 0 saturated heterocycles. The van der Waals surface area contributed by atoms with Gasteiger partial charge < -0.3 is 20.3 Å². The Morgan fingerprint density at radius 1 is 1.02 bits per heavy atom. The Kier molecular flexibility index (Phi) is 10.2. The number of para-hydroxylation sites is 1. The van der Waals surface area contributed by atoms with Crippen LogP contribution >= 0.6 is 23.2 Å². The molecule has 0 radical (unpaired) electrons. The van der Waals surface area contributed by atoms with E-state index in [2.05, 4.69) is 22.5 Å². The summed E-state index contributed by atoms with van der Waals surface area (Å²) in [6, 6.07) is 20.7. The normalized spacial score (nSPS) is 11.0. The number of benzene rings is 3. The van der Waals surface area contributed by atoms with Crippen LogP contribution in [0.1, 0.15) is 30.2 Å². The number of amides is 2. The van der Waals surface area contributed by atoms with E-state index in [0.717, 1.165) is 40.8 Å². The topological polar surface area (TPSA) is 83.6 Å². The van der Waals surface area contributed by atoms with Crippen LogP contribution in [-0.2, 0) is 16.2 Å². The maximum atomic E-state index is 12.9. The molecular formula is C32H32Cl2N4O3. The standard InChI is InChI=1S/C32H32Cl2N4O3/c1-4-18-35-24-13-9-22(10-14-24)11-17-29(39)36-19-30(40)38(3)27-16-15-26(33)25(31(27)34)20-41-28-7-5-6-23-12-8-21(2)37-32(23)28/h5-17,35H,4,18-20H2,1-3H3,(H,36,39)/b17-11+. The van der Waals surface area contributed by atoms with Gasteiger partial charge in [-0.1, -0.05) is 60.5 Å². The first kappa shape index (κ1) is 29.9. The number of pyridine rings is 1. The van der Waals surface area contributed by atoms with Crippen molar-refractivity contribution in [1.82, 2.24) is 10.3 Å². The van der Waals surface area contributed by atoms with E-state index < -0.39 is 0 Å². The zero-order chi connectivity index (χ0) is 29.4. The van der Waals surface area contributed by atoms with E-state index in [1.54, 1.807) is 25.3 Å². The van der Waals surface area contributed by atoms with E-state index in [1.807, 2.05) is 61.5 Å². The molecule has 41 heavy (non-hydrogen) atoms. The molecule has 1 heterocycles. The summed E-state index contributed by atoms with van der Waals surface area (Å²) in [5.74, 6) is -0.119. The molecule has 0 aliphatic carbocycles. The summed E-state index contributed by atoms with van der Waals surface area (Å²) < 4.78 is 6.08. The van der Waals surface area contributed by atoms with Gasteiger partial charge in [0, 0.05) is 47.0 Å². The van der Waals surface area contributed by atoms with Gasteiger partial charge in [-0.2, -0.15) is 0 Å². The predicted molar refractivity (Wildman–Crippen MR) is 168 cm³/mol. The Morgan fingerprint density at radius 2 is 1.80 bits per heavy atom. The van der Waals surface area contributed by atoms with Crippen molar-refractivity contribution in [1.29, 1.82) is 0 Å². The van der Waals surface area contributed by atoms with Crippen molar-refractivity contribution in [2.24, 2.45) is 0 Å². The van der Waals surface area contributed by atoms with Crippen molar-refractivity contribution in [2.75, 3.05) is 30.4 Å². The van der Waals surface area contributed by atoms with Crippen molar-refractivity contribution in [3.05, 3.63) is 99.7 Å². The molecule has 0 aliphatic heterocycles. The number of hydrogen-bond acceptors (Lipinski definition) is 5. The first-order chi connectivity index (χ1) is 19.8. The number of anilines is 2. The average molecular weight is 592 g/mol. The minimum absolute atomic E-state index is 0.0828. The van der Waals surface area contributed by atoms with Crippen LogP contribution in [0.4, 0.5) is 11.4 Å². The fourth-order valence-electron chi connectivity index (χ4n) is 4.09. The molecule has 7 nitrogen and oxygen atoms in total. The highest BCUT2D eigenvalue weighted by Crippen LogP contribution is 2.35. The number of rotatable bonds is 11. The minimum Gasteiger partial charge on any atom is -0.487 e. The van der Waals surface area contributed by atoms with Gasteiger partial charge in [-0.05, 0) is 61.4 Å². The van der Waals surface area contributed by atoms with Gasteiger partial charge in [0.25, 0.3) is 0 Å². The third-order valence-corrected chi connectivity index (χ3v) is 7.20. The molecule has 0 bridgehead atoms. The molecule has 0 fully saturated rings. The van der Waals surface area contributed by atoms with Gasteiger partial charge in [-0.15, -0.1) is 0 Å². The van der Waals surface area contributed by atoms with Gasteiger partial charge in [0.15, 0.2) is 0 Å². The van der Waals surface area contributed by atoms with Crippen molar-refractivity contribution in [2.45, 2.75) is 26.9 Å². The van der Waals surface area contributed by atoms with Crippen molar-refractivity contribution in [3.63, 3.8) is 0 Å². The van der Waals surface area contributed by atoms with Gasteiger partial charge in [-0.3, -0.25) is 9.59 Å². The van der Waals surface area contributed by atoms with Crippen LogP contribution in [0.2, 0.25) is 10.0 Å². The molecule has 1 aromatic heterocycles. The Hall–Kier alpha value is -4.07. The van der Waals surface area contributed by atoms with Gasteiger partial charge in [0.2, 0.25) is 11.8 Å². The number of carbonyl (C=O) groups is 2. The molecule has 2 amide bonds. The summed E-state index contributed by atoms with van der Waals surface area (Å²) in [7, 11) is 1.59. The number of aryl methyl sites for hydroxylation is 1. The number of ether oxygens (including phenoxy) is 1. The van der Waals surface area contributed by atoms with Crippen LogP contribution in [0.15, 0.2) is 72.8 Å². The largest absolute Gasteiger partial charge is 0.487 e. The second-order valence-electron chi connectivity index (χ2n) is 9.48. The van der Waals surface area contributed by atoms with E-state index >= 15 is 0 Å². The molecule has 212 valence electrons. The average Bonchev–Trinajstić information content (AvgIpc) is 2.98. The highest BCUT2D eigenvalue weighted by molar-refractivity contribution is 6.38. The summed E-state index contributed by atoms with van der Waals surface area (Å²) in [5.41, 5.74) is 4.52. The number of likely N-dealkylation sites (N-methyl/N-ethyl adjacent to an activating group) is 1. The number of nitrogens with zero attached hydrogens (tertiary/aromatic N) is 2. The second-order valence-corrected chi connectivity index (χ2v) is 10.3. The number of aromatic nitrogens is 1. The third-order valence-electron chi connectivity index (χ3n) is 6.43. The number of carbonyl (C=O) groups excluding carboxylic acids is 2. The monoisotopic (exact) mass is 590 g/mol. The second kappa shape index (κ2) is 14.0. The van der Waals surface area contributed by atoms with E-state index in [0.29, 0.717) is 27.0 Å². The lowest BCUT2D eigenvalue weighted by Gasteiger charge is -2.21. The molecule has 0 spiro atoms. The van der Waals surface area contributed by atoms with Gasteiger partial charge in [0.05, 0.1) is 17.3 Å². The molecular weight excluding hydrogens is 559 g/mol. The molecule has 2 N–H and O–H groups in total. The summed E-state index contributed by atoms with van der Waals surface area (Å²) in [6.45, 7) is 4.81. The fourth-order valence-corrected chi connectivity index (χ4v) is 4.69. The molecule has 0 saturated carbocycles. The Bertz CT molecular complexity index is 1570. The smallest absolute Gasteiger partial charge is 0.246 e. The van der Waals surface area contributed by atoms with Gasteiger partial charge in [0.1, 0.15) is 17.9 Å². The van der Waals surface area contributed by atoms with E-state index in [4.69, 9.17) is 27.9 Å². The number of halogens is 2. The Labute approximate surface area is 250 Å². The number of nitrogens with one attached hydrogen (secondary N) is 2. The fraction of sp³-hybridized carbons (Fsp3) is 0.219. The van der Waals surface area contributed by atoms with Crippen LogP contribution in [-0.4, -0.2) is 36.9 Å². The quantitative estimate of drug-likeness (QED) is 0.183. The SMILES string of the molecule is CCCNc1ccc(/C=C/C(=O)NCC(=O)N(C)c2ccc(Cl)c(COc3cccc4ccc(C)nc34)c2Cl)cc1. The molecule has 4 rings (SSSR count). The van der Waals surface area contributed by atoms with E-state index in [1.165, 1.54) is 11.0 Å². The maximum Gasteiger partial charge on any atom is 0.246 e. The van der Waals surface area contributed by atoms with Crippen LogP contribution in [0.25, 0.3) is 17.0 Å². The molecule has 0 atom stereocenters. The van der Waals surface area contributed by atoms with E-state index in [-0.39, 0.29) is 25.0 Å². The number of hydrogen-bond donors (Lipinski definition) is 2. The van der Waals surface area contributed by atoms with Crippen LogP contribution in [0, 0.1) is 6.92 Å². The molecule has 9 heteroatoms.